The molecule has 302 valence electrons. The number of aliphatic hydroxyl groups is 1. The molecule has 0 unspecified atom stereocenters. The number of nitrogens with zero attached hydrogens (tertiary/aromatic N) is 1. The maximum Gasteiger partial charge on any atom is 0.337 e. The van der Waals surface area contributed by atoms with Crippen molar-refractivity contribution < 1.29 is 47.9 Å². The highest BCUT2D eigenvalue weighted by atomic mass is 16.5. The summed E-state index contributed by atoms with van der Waals surface area (Å²) in [4.78, 5) is 90.8. The summed E-state index contributed by atoms with van der Waals surface area (Å²) in [6.07, 6.45) is 1.79. The van der Waals surface area contributed by atoms with Crippen molar-refractivity contribution in [2.75, 3.05) is 41.4 Å². The molecule has 0 aliphatic rings. The van der Waals surface area contributed by atoms with Gasteiger partial charge in [0.25, 0.3) is 5.91 Å². The molecule has 6 amide bonds. The zero-order valence-corrected chi connectivity index (χ0v) is 32.8. The Kier molecular flexibility index (Phi) is 18.4. The van der Waals surface area contributed by atoms with E-state index in [4.69, 9.17) is 10.5 Å². The lowest BCUT2D eigenvalue weighted by Gasteiger charge is -2.27. The van der Waals surface area contributed by atoms with Crippen molar-refractivity contribution in [3.8, 4) is 0 Å². The molecule has 0 aliphatic heterocycles. The smallest absolute Gasteiger partial charge is 0.337 e. The first-order chi connectivity index (χ1) is 25.8. The molecule has 0 radical (unpaired) electrons. The van der Waals surface area contributed by atoms with Crippen molar-refractivity contribution in [2.45, 2.75) is 83.1 Å². The van der Waals surface area contributed by atoms with E-state index < -0.39 is 78.2 Å². The van der Waals surface area contributed by atoms with Crippen LogP contribution in [-0.2, 0) is 35.1 Å². The first-order valence-corrected chi connectivity index (χ1v) is 18.3. The number of hydrogen-bond acceptors (Lipinski definition) is 9. The molecular formula is C39H58N7O9+. The van der Waals surface area contributed by atoms with Gasteiger partial charge < -0.3 is 46.6 Å². The van der Waals surface area contributed by atoms with Gasteiger partial charge in [0.05, 0.1) is 47.0 Å². The quantitative estimate of drug-likeness (QED) is 0.0491. The number of amides is 6. The number of primary amides is 1. The summed E-state index contributed by atoms with van der Waals surface area (Å²) in [5, 5.41) is 22.7. The van der Waals surface area contributed by atoms with Gasteiger partial charge in [-0.3, -0.25) is 28.8 Å². The summed E-state index contributed by atoms with van der Waals surface area (Å²) in [6, 6.07) is 8.85. The number of carbonyl (C=O) groups is 7. The lowest BCUT2D eigenvalue weighted by Crippen LogP contribution is -2.59. The van der Waals surface area contributed by atoms with Crippen LogP contribution in [0.25, 0.3) is 0 Å². The van der Waals surface area contributed by atoms with Crippen molar-refractivity contribution in [1.29, 1.82) is 0 Å². The van der Waals surface area contributed by atoms with Crippen molar-refractivity contribution in [3.63, 3.8) is 0 Å². The topological polar surface area (TPSA) is 235 Å². The summed E-state index contributed by atoms with van der Waals surface area (Å²) >= 11 is 0. The predicted octanol–water partition coefficient (Wildman–Crippen LogP) is 0.174. The second-order valence-corrected chi connectivity index (χ2v) is 14.9. The fraction of sp³-hybridized carbons (Fsp3) is 0.513. The van der Waals surface area contributed by atoms with Gasteiger partial charge in [0.15, 0.2) is 0 Å². The van der Waals surface area contributed by atoms with Crippen LogP contribution in [0.15, 0.2) is 54.6 Å². The number of rotatable bonds is 22. The number of nitrogens with two attached hydrogens (primary N) is 1. The third-order valence-corrected chi connectivity index (χ3v) is 8.61. The Bertz CT molecular complexity index is 1610. The van der Waals surface area contributed by atoms with Gasteiger partial charge >= 0.3 is 5.97 Å². The molecule has 0 heterocycles. The number of nitrogens with one attached hydrogen (secondary N) is 5. The Morgan fingerprint density at radius 3 is 1.78 bits per heavy atom. The number of esters is 1. The highest BCUT2D eigenvalue weighted by Gasteiger charge is 2.31. The van der Waals surface area contributed by atoms with E-state index in [1.165, 1.54) is 38.3 Å². The fourth-order valence-electron chi connectivity index (χ4n) is 5.51. The van der Waals surface area contributed by atoms with E-state index in [2.05, 4.69) is 26.6 Å². The van der Waals surface area contributed by atoms with E-state index in [9.17, 15) is 38.7 Å². The van der Waals surface area contributed by atoms with Crippen LogP contribution in [0.2, 0.25) is 0 Å². The molecule has 16 heteroatoms. The van der Waals surface area contributed by atoms with Gasteiger partial charge in [-0.25, -0.2) is 4.79 Å². The summed E-state index contributed by atoms with van der Waals surface area (Å²) < 4.78 is 5.40. The normalized spacial score (nSPS) is 14.0. The SMILES string of the molecule is COC(=O)c1ccc(C(=O)N[C@@H](Cc2ccccc2)C(=O)N[C@@H](C)C(=O)N[C@@H](CC(C)C)C(=O)N[C@@H](CCCC[N+](C)(C)C)C(=O)N[C@@H](CO)C(N)=O)cc1. The zero-order chi connectivity index (χ0) is 41.3. The number of aliphatic hydroxyl groups excluding tert-OH is 1. The summed E-state index contributed by atoms with van der Waals surface area (Å²) in [7, 11) is 7.33. The fourth-order valence-corrected chi connectivity index (χ4v) is 5.51. The Hall–Kier alpha value is -5.35. The lowest BCUT2D eigenvalue weighted by atomic mass is 10.0. The number of carbonyl (C=O) groups excluding carboxylic acids is 7. The first kappa shape index (κ1) is 45.8. The van der Waals surface area contributed by atoms with Crippen molar-refractivity contribution in [2.24, 2.45) is 11.7 Å². The van der Waals surface area contributed by atoms with Gasteiger partial charge in [0, 0.05) is 12.0 Å². The number of methoxy groups -OCH3 is 1. The minimum absolute atomic E-state index is 0.0708. The zero-order valence-electron chi connectivity index (χ0n) is 32.8. The van der Waals surface area contributed by atoms with E-state index in [1.807, 2.05) is 41.1 Å². The van der Waals surface area contributed by atoms with E-state index in [0.29, 0.717) is 10.9 Å². The largest absolute Gasteiger partial charge is 0.465 e. The molecule has 0 aromatic heterocycles. The molecule has 5 atom stereocenters. The molecule has 0 fully saturated rings. The maximum absolute atomic E-state index is 13.7. The molecule has 0 saturated heterocycles. The highest BCUT2D eigenvalue weighted by molar-refractivity contribution is 6.00. The van der Waals surface area contributed by atoms with Crippen LogP contribution in [0.4, 0.5) is 0 Å². The molecule has 2 rings (SSSR count). The van der Waals surface area contributed by atoms with Crippen LogP contribution >= 0.6 is 0 Å². The molecule has 55 heavy (non-hydrogen) atoms. The monoisotopic (exact) mass is 768 g/mol. The van der Waals surface area contributed by atoms with Crippen molar-refractivity contribution in [3.05, 3.63) is 71.3 Å². The first-order valence-electron chi connectivity index (χ1n) is 18.3. The van der Waals surface area contributed by atoms with Gasteiger partial charge in [-0.1, -0.05) is 44.2 Å². The average molecular weight is 769 g/mol. The minimum atomic E-state index is -1.35. The molecule has 2 aromatic carbocycles. The lowest BCUT2D eigenvalue weighted by molar-refractivity contribution is -0.870. The van der Waals surface area contributed by atoms with E-state index in [1.54, 1.807) is 24.3 Å². The number of ether oxygens (including phenoxy) is 1. The van der Waals surface area contributed by atoms with Crippen LogP contribution in [-0.4, -0.2) is 123 Å². The Balaban J connectivity index is 2.22. The van der Waals surface area contributed by atoms with Crippen LogP contribution < -0.4 is 32.3 Å². The summed E-state index contributed by atoms with van der Waals surface area (Å²) in [5.74, 6) is -4.87. The Labute approximate surface area is 322 Å². The van der Waals surface area contributed by atoms with Gasteiger partial charge in [-0.15, -0.1) is 0 Å². The van der Waals surface area contributed by atoms with E-state index in [0.717, 1.165) is 18.5 Å². The van der Waals surface area contributed by atoms with E-state index in [-0.39, 0.29) is 36.3 Å². The number of unbranched alkanes of at least 4 members (excludes halogenated alkanes) is 1. The standard InChI is InChI=1S/C39H57N7O9/c1-24(2)21-30(38(53)42-29(15-11-12-20-46(4,5)6)36(51)45-32(23-47)33(40)48)43-34(49)25(3)41-37(52)31(22-26-13-9-8-10-14-26)44-35(50)27-16-18-28(19-17-27)39(54)55-7/h8-10,13-14,16-19,24-25,29-32,47H,11-12,15,20-23H2,1-7H3,(H6-,40,41,42,43,44,45,48,49,50,51,52,53)/p+1/t25-,29-,30-,31-,32-/m0/s1. The second-order valence-electron chi connectivity index (χ2n) is 14.9. The summed E-state index contributed by atoms with van der Waals surface area (Å²) in [5.41, 5.74) is 6.47. The van der Waals surface area contributed by atoms with Gasteiger partial charge in [0.2, 0.25) is 29.5 Å². The molecule has 0 aliphatic carbocycles. The number of hydrogen-bond donors (Lipinski definition) is 7. The van der Waals surface area contributed by atoms with Gasteiger partial charge in [-0.2, -0.15) is 0 Å². The second kappa shape index (κ2) is 22.1. The Morgan fingerprint density at radius 1 is 0.691 bits per heavy atom. The molecule has 8 N–H and O–H groups in total. The minimum Gasteiger partial charge on any atom is -0.465 e. The molecule has 0 bridgehead atoms. The molecular weight excluding hydrogens is 710 g/mol. The van der Waals surface area contributed by atoms with Gasteiger partial charge in [-0.05, 0) is 68.4 Å². The van der Waals surface area contributed by atoms with Crippen LogP contribution in [0.3, 0.4) is 0 Å². The van der Waals surface area contributed by atoms with Crippen molar-refractivity contribution >= 4 is 41.4 Å². The number of quaternary nitrogens is 1. The third-order valence-electron chi connectivity index (χ3n) is 8.61. The average Bonchev–Trinajstić information content (AvgIpc) is 3.13. The number of benzene rings is 2. The van der Waals surface area contributed by atoms with Crippen LogP contribution in [0.5, 0.6) is 0 Å². The predicted molar refractivity (Wildman–Crippen MR) is 205 cm³/mol. The summed E-state index contributed by atoms with van der Waals surface area (Å²) in [6.45, 7) is 5.22. The van der Waals surface area contributed by atoms with Crippen LogP contribution in [0.1, 0.15) is 72.7 Å². The van der Waals surface area contributed by atoms with Crippen molar-refractivity contribution in [1.82, 2.24) is 26.6 Å². The van der Waals surface area contributed by atoms with Gasteiger partial charge in [0.1, 0.15) is 30.2 Å². The molecule has 0 saturated carbocycles. The molecule has 16 nitrogen and oxygen atoms in total. The molecule has 2 aromatic rings. The maximum atomic E-state index is 13.7. The molecule has 0 spiro atoms. The Morgan fingerprint density at radius 2 is 1.24 bits per heavy atom. The highest BCUT2D eigenvalue weighted by Crippen LogP contribution is 2.11. The van der Waals surface area contributed by atoms with E-state index >= 15 is 0 Å². The van der Waals surface area contributed by atoms with Crippen LogP contribution in [0, 0.1) is 5.92 Å². The third kappa shape index (κ3) is 16.3.